The first kappa shape index (κ1) is 12.0. The van der Waals surface area contributed by atoms with E-state index in [4.69, 9.17) is 5.11 Å². The van der Waals surface area contributed by atoms with Crippen molar-refractivity contribution >= 4 is 11.7 Å². The first-order valence-corrected chi connectivity index (χ1v) is 6.21. The van der Waals surface area contributed by atoms with E-state index >= 15 is 0 Å². The quantitative estimate of drug-likeness (QED) is 0.868. The second kappa shape index (κ2) is 5.21. The summed E-state index contributed by atoms with van der Waals surface area (Å²) in [7, 11) is 0. The van der Waals surface area contributed by atoms with Crippen molar-refractivity contribution in [1.82, 2.24) is 0 Å². The summed E-state index contributed by atoms with van der Waals surface area (Å²) in [5.41, 5.74) is 2.68. The lowest BCUT2D eigenvalue weighted by molar-refractivity contribution is -0.137. The van der Waals surface area contributed by atoms with Crippen molar-refractivity contribution < 1.29 is 9.90 Å². The number of rotatable bonds is 4. The van der Waals surface area contributed by atoms with Crippen LogP contribution < -0.4 is 4.90 Å². The lowest BCUT2D eigenvalue weighted by atomic mass is 9.94. The van der Waals surface area contributed by atoms with Crippen molar-refractivity contribution in [3.8, 4) is 0 Å². The first-order valence-electron chi connectivity index (χ1n) is 6.21. The molecule has 0 fully saturated rings. The number of carboxylic acid groups (broad SMARTS) is 1. The minimum Gasteiger partial charge on any atom is -0.481 e. The molecule has 0 saturated carbocycles. The normalized spacial score (nSPS) is 18.9. The van der Waals surface area contributed by atoms with E-state index in [1.807, 2.05) is 0 Å². The SMILES string of the molecule is CC1Cc2ccccc2N(CCCC(=O)O)C1. The van der Waals surface area contributed by atoms with E-state index in [1.54, 1.807) is 0 Å². The number of hydrogen-bond acceptors (Lipinski definition) is 2. The molecule has 92 valence electrons. The van der Waals surface area contributed by atoms with Crippen LogP contribution in [0, 0.1) is 5.92 Å². The molecule has 0 bridgehead atoms. The summed E-state index contributed by atoms with van der Waals surface area (Å²) in [4.78, 5) is 12.9. The number of fused-ring (bicyclic) bond motifs is 1. The van der Waals surface area contributed by atoms with Gasteiger partial charge in [0, 0.05) is 25.2 Å². The van der Waals surface area contributed by atoms with Gasteiger partial charge >= 0.3 is 5.97 Å². The van der Waals surface area contributed by atoms with Crippen LogP contribution in [0.15, 0.2) is 24.3 Å². The molecule has 0 saturated heterocycles. The van der Waals surface area contributed by atoms with Gasteiger partial charge in [-0.05, 0) is 30.4 Å². The van der Waals surface area contributed by atoms with Gasteiger partial charge in [-0.3, -0.25) is 4.79 Å². The van der Waals surface area contributed by atoms with Crippen LogP contribution in [0.5, 0.6) is 0 Å². The average molecular weight is 233 g/mol. The number of anilines is 1. The summed E-state index contributed by atoms with van der Waals surface area (Å²) in [5.74, 6) is -0.0573. The molecule has 1 aromatic rings. The lowest BCUT2D eigenvalue weighted by Gasteiger charge is -2.34. The maximum atomic E-state index is 10.5. The monoisotopic (exact) mass is 233 g/mol. The average Bonchev–Trinajstić information content (AvgIpc) is 2.28. The molecule has 3 nitrogen and oxygen atoms in total. The predicted octanol–water partition coefficient (Wildman–Crippen LogP) is 2.55. The highest BCUT2D eigenvalue weighted by atomic mass is 16.4. The Hall–Kier alpha value is -1.51. The van der Waals surface area contributed by atoms with Gasteiger partial charge < -0.3 is 10.0 Å². The molecule has 0 spiro atoms. The third-order valence-electron chi connectivity index (χ3n) is 3.25. The molecular formula is C14H19NO2. The largest absolute Gasteiger partial charge is 0.481 e. The van der Waals surface area contributed by atoms with Crippen LogP contribution in [-0.2, 0) is 11.2 Å². The smallest absolute Gasteiger partial charge is 0.303 e. The molecule has 3 heteroatoms. The zero-order valence-electron chi connectivity index (χ0n) is 10.2. The topological polar surface area (TPSA) is 40.5 Å². The Morgan fingerprint density at radius 1 is 1.47 bits per heavy atom. The lowest BCUT2D eigenvalue weighted by Crippen LogP contribution is -2.35. The molecule has 1 unspecified atom stereocenters. The maximum Gasteiger partial charge on any atom is 0.303 e. The van der Waals surface area contributed by atoms with E-state index in [1.165, 1.54) is 11.3 Å². The van der Waals surface area contributed by atoms with E-state index in [0.29, 0.717) is 5.92 Å². The fraction of sp³-hybridized carbons (Fsp3) is 0.500. The molecule has 0 amide bonds. The number of carboxylic acids is 1. The highest BCUT2D eigenvalue weighted by Crippen LogP contribution is 2.29. The van der Waals surface area contributed by atoms with Crippen molar-refractivity contribution in [2.45, 2.75) is 26.2 Å². The number of benzene rings is 1. The summed E-state index contributed by atoms with van der Waals surface area (Å²) >= 11 is 0. The van der Waals surface area contributed by atoms with Crippen LogP contribution in [-0.4, -0.2) is 24.2 Å². The zero-order valence-corrected chi connectivity index (χ0v) is 10.2. The van der Waals surface area contributed by atoms with Crippen molar-refractivity contribution in [1.29, 1.82) is 0 Å². The van der Waals surface area contributed by atoms with Crippen LogP contribution in [0.4, 0.5) is 5.69 Å². The minimum atomic E-state index is -0.705. The molecule has 1 aliphatic rings. The minimum absolute atomic E-state index is 0.257. The summed E-state index contributed by atoms with van der Waals surface area (Å²) < 4.78 is 0. The van der Waals surface area contributed by atoms with Crippen LogP contribution in [0.1, 0.15) is 25.3 Å². The molecule has 0 aromatic heterocycles. The molecule has 0 aliphatic carbocycles. The number of carbonyl (C=O) groups is 1. The Morgan fingerprint density at radius 2 is 2.24 bits per heavy atom. The molecular weight excluding hydrogens is 214 g/mol. The highest BCUT2D eigenvalue weighted by molar-refractivity contribution is 5.66. The number of nitrogens with zero attached hydrogens (tertiary/aromatic N) is 1. The standard InChI is InChI=1S/C14H19NO2/c1-11-9-12-5-2-3-6-13(12)15(10-11)8-4-7-14(16)17/h2-3,5-6,11H,4,7-10H2,1H3,(H,16,17). The summed E-state index contributed by atoms with van der Waals surface area (Å²) in [5, 5.41) is 8.67. The van der Waals surface area contributed by atoms with E-state index < -0.39 is 5.97 Å². The van der Waals surface area contributed by atoms with E-state index in [-0.39, 0.29) is 6.42 Å². The molecule has 1 heterocycles. The van der Waals surface area contributed by atoms with Gasteiger partial charge in [0.2, 0.25) is 0 Å². The second-order valence-corrected chi connectivity index (χ2v) is 4.88. The van der Waals surface area contributed by atoms with E-state index in [0.717, 1.165) is 25.9 Å². The van der Waals surface area contributed by atoms with Crippen molar-refractivity contribution in [2.75, 3.05) is 18.0 Å². The Morgan fingerprint density at radius 3 is 3.00 bits per heavy atom. The van der Waals surface area contributed by atoms with Crippen molar-refractivity contribution in [3.63, 3.8) is 0 Å². The summed E-state index contributed by atoms with van der Waals surface area (Å²) in [6, 6.07) is 8.45. The molecule has 1 N–H and O–H groups in total. The van der Waals surface area contributed by atoms with Gasteiger partial charge in [0.05, 0.1) is 0 Å². The molecule has 0 radical (unpaired) electrons. The van der Waals surface area contributed by atoms with Gasteiger partial charge in [0.25, 0.3) is 0 Å². The van der Waals surface area contributed by atoms with E-state index in [9.17, 15) is 4.79 Å². The first-order chi connectivity index (χ1) is 8.16. The third-order valence-corrected chi connectivity index (χ3v) is 3.25. The number of aliphatic carboxylic acids is 1. The second-order valence-electron chi connectivity index (χ2n) is 4.88. The maximum absolute atomic E-state index is 10.5. The molecule has 17 heavy (non-hydrogen) atoms. The van der Waals surface area contributed by atoms with Crippen LogP contribution in [0.3, 0.4) is 0 Å². The van der Waals surface area contributed by atoms with Gasteiger partial charge in [-0.1, -0.05) is 25.1 Å². The van der Waals surface area contributed by atoms with Crippen LogP contribution >= 0.6 is 0 Å². The molecule has 2 rings (SSSR count). The molecule has 1 aromatic carbocycles. The van der Waals surface area contributed by atoms with Crippen molar-refractivity contribution in [3.05, 3.63) is 29.8 Å². The Bertz CT molecular complexity index is 403. The van der Waals surface area contributed by atoms with Gasteiger partial charge in [0.15, 0.2) is 0 Å². The van der Waals surface area contributed by atoms with Gasteiger partial charge in [-0.15, -0.1) is 0 Å². The van der Waals surface area contributed by atoms with Crippen LogP contribution in [0.25, 0.3) is 0 Å². The van der Waals surface area contributed by atoms with E-state index in [2.05, 4.69) is 36.1 Å². The third kappa shape index (κ3) is 2.99. The summed E-state index contributed by atoms with van der Waals surface area (Å²) in [6.45, 7) is 4.13. The fourth-order valence-corrected chi connectivity index (χ4v) is 2.54. The number of hydrogen-bond donors (Lipinski definition) is 1. The molecule has 1 aliphatic heterocycles. The van der Waals surface area contributed by atoms with Crippen LogP contribution in [0.2, 0.25) is 0 Å². The zero-order chi connectivity index (χ0) is 12.3. The number of para-hydroxylation sites is 1. The van der Waals surface area contributed by atoms with Gasteiger partial charge in [-0.25, -0.2) is 0 Å². The Labute approximate surface area is 102 Å². The predicted molar refractivity (Wildman–Crippen MR) is 68.4 cm³/mol. The Balaban J connectivity index is 2.05. The Kier molecular flexibility index (Phi) is 3.67. The van der Waals surface area contributed by atoms with Gasteiger partial charge in [-0.2, -0.15) is 0 Å². The molecule has 1 atom stereocenters. The van der Waals surface area contributed by atoms with Crippen molar-refractivity contribution in [2.24, 2.45) is 5.92 Å². The van der Waals surface area contributed by atoms with Gasteiger partial charge in [0.1, 0.15) is 0 Å². The summed E-state index contributed by atoms with van der Waals surface area (Å²) in [6.07, 6.45) is 2.11. The highest BCUT2D eigenvalue weighted by Gasteiger charge is 2.20. The fourth-order valence-electron chi connectivity index (χ4n) is 2.54.